The van der Waals surface area contributed by atoms with Gasteiger partial charge in [0.25, 0.3) is 0 Å². The molecule has 0 aliphatic heterocycles. The van der Waals surface area contributed by atoms with Crippen molar-refractivity contribution in [2.24, 2.45) is 0 Å². The number of hydrogen-bond acceptors (Lipinski definition) is 0. The third-order valence-electron chi connectivity index (χ3n) is 4.79. The molecule has 0 saturated carbocycles. The summed E-state index contributed by atoms with van der Waals surface area (Å²) in [6.45, 7) is 0. The van der Waals surface area contributed by atoms with Gasteiger partial charge in [0.15, 0.2) is 0 Å². The molecule has 6 aromatic carbocycles. The monoisotopic (exact) mass is 380 g/mol. The van der Waals surface area contributed by atoms with Gasteiger partial charge >= 0.3 is 75.4 Å². The summed E-state index contributed by atoms with van der Waals surface area (Å²) in [7, 11) is 0. The Balaban J connectivity index is 0.000000284. The number of fused-ring (bicyclic) bond motifs is 4. The predicted molar refractivity (Wildman–Crippen MR) is 118 cm³/mol. The van der Waals surface area contributed by atoms with Gasteiger partial charge in [-0.3, -0.25) is 0 Å². The molecule has 0 N–H and O–H groups in total. The molecular weight excluding hydrogens is 364 g/mol. The molecule has 6 rings (SSSR count). The molecule has 132 valence electrons. The van der Waals surface area contributed by atoms with Gasteiger partial charge in [-0.25, -0.2) is 0 Å². The molecule has 0 saturated heterocycles. The third kappa shape index (κ3) is 6.41. The van der Waals surface area contributed by atoms with Crippen LogP contribution in [0.25, 0.3) is 43.1 Å². The van der Waals surface area contributed by atoms with E-state index in [0.717, 1.165) is 43.1 Å². The largest absolute Gasteiger partial charge is 1.00 e. The van der Waals surface area contributed by atoms with Crippen LogP contribution in [0.15, 0.2) is 97.1 Å². The molecule has 0 bridgehead atoms. The van der Waals surface area contributed by atoms with E-state index in [1.807, 2.05) is 48.5 Å². The van der Waals surface area contributed by atoms with Crippen LogP contribution in [-0.4, -0.2) is 0 Å². The molecule has 0 aliphatic carbocycles. The molecule has 0 unspecified atom stereocenters. The predicted octanol–water partition coefficient (Wildman–Crippen LogP) is -4.80. The van der Waals surface area contributed by atoms with Crippen LogP contribution in [-0.2, 0) is 0 Å². The molecule has 0 radical (unpaired) electrons. The Morgan fingerprint density at radius 3 is 0.500 bits per heavy atom. The molecule has 32 heavy (non-hydrogen) atoms. The average molecular weight is 380 g/mol. The Hall–Kier alpha value is -1.25. The first-order valence-electron chi connectivity index (χ1n) is 9.31. The molecular formula is C28H16Li4. The smallest absolute Gasteiger partial charge is 0.199 e. The molecule has 6 aromatic rings. The van der Waals surface area contributed by atoms with E-state index < -0.39 is 0 Å². The maximum absolute atomic E-state index is 3.38. The summed E-state index contributed by atoms with van der Waals surface area (Å²) >= 11 is 0. The van der Waals surface area contributed by atoms with E-state index in [9.17, 15) is 0 Å². The Morgan fingerprint density at radius 1 is 0.250 bits per heavy atom. The molecule has 0 spiro atoms. The molecule has 0 aromatic heterocycles. The number of hydrogen-bond donors (Lipinski definition) is 0. The van der Waals surface area contributed by atoms with Crippen molar-refractivity contribution in [3.8, 4) is 0 Å². The van der Waals surface area contributed by atoms with E-state index in [0.29, 0.717) is 0 Å². The first-order chi connectivity index (χ1) is 13.9. The topological polar surface area (TPSA) is 0 Å². The minimum Gasteiger partial charge on any atom is -0.199 e. The summed E-state index contributed by atoms with van der Waals surface area (Å²) in [4.78, 5) is 0. The van der Waals surface area contributed by atoms with Gasteiger partial charge in [0.2, 0.25) is 0 Å². The summed E-state index contributed by atoms with van der Waals surface area (Å²) in [5.41, 5.74) is 0. The minimum absolute atomic E-state index is 0. The van der Waals surface area contributed by atoms with E-state index in [2.05, 4.69) is 72.8 Å². The van der Waals surface area contributed by atoms with Crippen LogP contribution in [0.3, 0.4) is 0 Å². The SMILES string of the molecule is [Li+].[Li+].[Li+].[Li+].[c-]1c2ccccc2[c-]c2ccccc12.[c-]1c2ccccc2[c-]c2ccccc12. The van der Waals surface area contributed by atoms with Crippen LogP contribution in [0.2, 0.25) is 0 Å². The quantitative estimate of drug-likeness (QED) is 0.141. The maximum atomic E-state index is 3.38. The standard InChI is InChI=1S/2C14H8.4Li/c2*1-2-6-12-10-14-8-4-3-7-13(14)9-11(12)5-1;;;;/h2*1-8H;;;;/q2*-2;4*+1. The normalized spacial score (nSPS) is 9.50. The molecule has 0 fully saturated rings. The summed E-state index contributed by atoms with van der Waals surface area (Å²) in [5.74, 6) is 0. The van der Waals surface area contributed by atoms with Crippen LogP contribution < -0.4 is 75.4 Å². The van der Waals surface area contributed by atoms with Crippen molar-refractivity contribution < 1.29 is 75.4 Å². The summed E-state index contributed by atoms with van der Waals surface area (Å²) in [6, 6.07) is 46.3. The number of rotatable bonds is 0. The van der Waals surface area contributed by atoms with Gasteiger partial charge in [-0.15, -0.1) is 48.5 Å². The summed E-state index contributed by atoms with van der Waals surface area (Å²) in [5, 5.41) is 9.05. The van der Waals surface area contributed by atoms with Crippen LogP contribution in [0, 0.1) is 24.3 Å². The molecule has 0 heterocycles. The van der Waals surface area contributed by atoms with Gasteiger partial charge in [-0.1, -0.05) is 0 Å². The van der Waals surface area contributed by atoms with Gasteiger partial charge in [0.1, 0.15) is 0 Å². The second-order valence-corrected chi connectivity index (χ2v) is 6.68. The summed E-state index contributed by atoms with van der Waals surface area (Å²) < 4.78 is 0. The van der Waals surface area contributed by atoms with Crippen LogP contribution in [0.5, 0.6) is 0 Å². The van der Waals surface area contributed by atoms with Gasteiger partial charge in [-0.05, 0) is 0 Å². The Bertz CT molecular complexity index is 1110. The fourth-order valence-electron chi connectivity index (χ4n) is 3.38. The fourth-order valence-corrected chi connectivity index (χ4v) is 3.38. The Kier molecular flexibility index (Phi) is 12.1. The van der Waals surface area contributed by atoms with Crippen molar-refractivity contribution in [3.63, 3.8) is 0 Å². The van der Waals surface area contributed by atoms with Gasteiger partial charge in [0.05, 0.1) is 0 Å². The Labute approximate surface area is 237 Å². The van der Waals surface area contributed by atoms with Crippen molar-refractivity contribution in [1.29, 1.82) is 0 Å². The van der Waals surface area contributed by atoms with Crippen molar-refractivity contribution in [1.82, 2.24) is 0 Å². The average Bonchev–Trinajstić information content (AvgIpc) is 2.76. The molecule has 0 amide bonds. The van der Waals surface area contributed by atoms with Crippen LogP contribution >= 0.6 is 0 Å². The first kappa shape index (κ1) is 28.8. The van der Waals surface area contributed by atoms with E-state index in [-0.39, 0.29) is 75.4 Å². The minimum atomic E-state index is 0. The summed E-state index contributed by atoms with van der Waals surface area (Å²) in [6.07, 6.45) is 0. The maximum Gasteiger partial charge on any atom is 1.00 e. The van der Waals surface area contributed by atoms with E-state index in [4.69, 9.17) is 0 Å². The van der Waals surface area contributed by atoms with Crippen LogP contribution in [0.1, 0.15) is 0 Å². The van der Waals surface area contributed by atoms with Crippen molar-refractivity contribution in [3.05, 3.63) is 121 Å². The van der Waals surface area contributed by atoms with Crippen LogP contribution in [0.4, 0.5) is 0 Å². The molecule has 0 aliphatic rings. The third-order valence-corrected chi connectivity index (χ3v) is 4.79. The van der Waals surface area contributed by atoms with Gasteiger partial charge in [0, 0.05) is 0 Å². The van der Waals surface area contributed by atoms with E-state index >= 15 is 0 Å². The van der Waals surface area contributed by atoms with E-state index in [1.165, 1.54) is 0 Å². The molecule has 4 heteroatoms. The second kappa shape index (κ2) is 13.5. The Morgan fingerprint density at radius 2 is 0.375 bits per heavy atom. The van der Waals surface area contributed by atoms with E-state index in [1.54, 1.807) is 0 Å². The zero-order chi connectivity index (χ0) is 18.8. The van der Waals surface area contributed by atoms with Gasteiger partial charge in [-0.2, -0.15) is 116 Å². The van der Waals surface area contributed by atoms with Crippen molar-refractivity contribution in [2.45, 2.75) is 0 Å². The molecule has 0 atom stereocenters. The second-order valence-electron chi connectivity index (χ2n) is 6.68. The van der Waals surface area contributed by atoms with Gasteiger partial charge < -0.3 is 0 Å². The number of benzene rings is 6. The van der Waals surface area contributed by atoms with Crippen molar-refractivity contribution in [2.75, 3.05) is 0 Å². The molecule has 0 nitrogen and oxygen atoms in total. The zero-order valence-corrected chi connectivity index (χ0v) is 19.2. The first-order valence-corrected chi connectivity index (χ1v) is 9.31. The van der Waals surface area contributed by atoms with Crippen molar-refractivity contribution >= 4 is 43.1 Å². The zero-order valence-electron chi connectivity index (χ0n) is 19.2. The fraction of sp³-hybridized carbons (Fsp3) is 0.